The van der Waals surface area contributed by atoms with Crippen molar-refractivity contribution >= 4 is 11.3 Å². The lowest BCUT2D eigenvalue weighted by molar-refractivity contribution is 0.0202. The number of rotatable bonds is 5. The minimum absolute atomic E-state index is 0.329. The van der Waals surface area contributed by atoms with Crippen LogP contribution in [0.2, 0.25) is 0 Å². The lowest BCUT2D eigenvalue weighted by Gasteiger charge is -2.50. The van der Waals surface area contributed by atoms with Crippen molar-refractivity contribution in [3.05, 3.63) is 22.4 Å². The topological polar surface area (TPSA) is 15.3 Å². The van der Waals surface area contributed by atoms with Crippen LogP contribution in [0.3, 0.4) is 0 Å². The van der Waals surface area contributed by atoms with Gasteiger partial charge in [0.15, 0.2) is 0 Å². The van der Waals surface area contributed by atoms with Crippen LogP contribution in [0.5, 0.6) is 0 Å². The number of nitrogens with one attached hydrogen (secondary N) is 1. The van der Waals surface area contributed by atoms with Crippen molar-refractivity contribution in [1.29, 1.82) is 0 Å². The molecule has 0 amide bonds. The Balaban J connectivity index is 1.87. The molecule has 2 heterocycles. The van der Waals surface area contributed by atoms with Crippen LogP contribution in [0.15, 0.2) is 17.5 Å². The van der Waals surface area contributed by atoms with E-state index in [1.54, 1.807) is 4.88 Å². The van der Waals surface area contributed by atoms with Crippen molar-refractivity contribution in [1.82, 2.24) is 10.2 Å². The Morgan fingerprint density at radius 2 is 2.19 bits per heavy atom. The van der Waals surface area contributed by atoms with E-state index < -0.39 is 0 Å². The molecule has 0 aromatic carbocycles. The van der Waals surface area contributed by atoms with Crippen molar-refractivity contribution in [2.24, 2.45) is 11.8 Å². The van der Waals surface area contributed by atoms with Crippen LogP contribution >= 0.6 is 11.3 Å². The van der Waals surface area contributed by atoms with Crippen LogP contribution < -0.4 is 5.32 Å². The molecule has 3 unspecified atom stereocenters. The molecule has 1 aromatic rings. The molecular weight excluding hydrogens is 276 g/mol. The van der Waals surface area contributed by atoms with E-state index in [2.05, 4.69) is 55.4 Å². The predicted molar refractivity (Wildman–Crippen MR) is 91.8 cm³/mol. The van der Waals surface area contributed by atoms with Gasteiger partial charge in [-0.15, -0.1) is 11.3 Å². The van der Waals surface area contributed by atoms with Gasteiger partial charge < -0.3 is 5.32 Å². The summed E-state index contributed by atoms with van der Waals surface area (Å²) in [6.45, 7) is 11.9. The molecule has 3 atom stereocenters. The molecule has 0 bridgehead atoms. The molecule has 3 rings (SSSR count). The van der Waals surface area contributed by atoms with E-state index in [4.69, 9.17) is 0 Å². The lowest BCUT2D eigenvalue weighted by atomic mass is 9.87. The summed E-state index contributed by atoms with van der Waals surface area (Å²) in [5, 5.41) is 6.12. The number of hydrogen-bond acceptors (Lipinski definition) is 3. The summed E-state index contributed by atoms with van der Waals surface area (Å²) < 4.78 is 0. The second-order valence-electron chi connectivity index (χ2n) is 7.51. The maximum atomic E-state index is 3.89. The Bertz CT molecular complexity index is 452. The monoisotopic (exact) mass is 306 g/mol. The maximum absolute atomic E-state index is 3.89. The largest absolute Gasteiger partial charge is 0.308 e. The number of nitrogens with zero attached hydrogens (tertiary/aromatic N) is 1. The average molecular weight is 307 g/mol. The van der Waals surface area contributed by atoms with Gasteiger partial charge >= 0.3 is 0 Å². The molecule has 2 aliphatic rings. The first-order valence-electron chi connectivity index (χ1n) is 8.59. The van der Waals surface area contributed by atoms with E-state index in [9.17, 15) is 0 Å². The second-order valence-corrected chi connectivity index (χ2v) is 8.49. The fraction of sp³-hybridized carbons (Fsp3) is 0.778. The van der Waals surface area contributed by atoms with Gasteiger partial charge in [-0.1, -0.05) is 26.8 Å². The van der Waals surface area contributed by atoms with E-state index in [1.165, 1.54) is 25.8 Å². The summed E-state index contributed by atoms with van der Waals surface area (Å²) in [5.74, 6) is 1.56. The molecule has 0 spiro atoms. The van der Waals surface area contributed by atoms with Crippen molar-refractivity contribution in [2.45, 2.75) is 64.6 Å². The number of hydrogen-bond donors (Lipinski definition) is 1. The first kappa shape index (κ1) is 15.5. The molecule has 21 heavy (non-hydrogen) atoms. The normalized spacial score (nSPS) is 32.5. The summed E-state index contributed by atoms with van der Waals surface area (Å²) in [6, 6.07) is 5.79. The fourth-order valence-corrected chi connectivity index (χ4v) is 5.08. The first-order valence-corrected chi connectivity index (χ1v) is 9.47. The molecule has 2 fully saturated rings. The van der Waals surface area contributed by atoms with Crippen molar-refractivity contribution in [3.63, 3.8) is 0 Å². The smallest absolute Gasteiger partial charge is 0.0468 e. The van der Waals surface area contributed by atoms with Crippen molar-refractivity contribution < 1.29 is 0 Å². The zero-order valence-corrected chi connectivity index (χ0v) is 14.7. The Morgan fingerprint density at radius 3 is 2.71 bits per heavy atom. The summed E-state index contributed by atoms with van der Waals surface area (Å²) in [7, 11) is 0. The summed E-state index contributed by atoms with van der Waals surface area (Å²) in [4.78, 5) is 4.37. The van der Waals surface area contributed by atoms with Crippen LogP contribution in [0.4, 0.5) is 0 Å². The highest BCUT2D eigenvalue weighted by molar-refractivity contribution is 7.10. The Morgan fingerprint density at radius 1 is 1.43 bits per heavy atom. The summed E-state index contributed by atoms with van der Waals surface area (Å²) >= 11 is 1.93. The molecule has 118 valence electrons. The van der Waals surface area contributed by atoms with Gasteiger partial charge in [-0.05, 0) is 49.5 Å². The third-order valence-corrected chi connectivity index (χ3v) is 6.44. The highest BCUT2D eigenvalue weighted by Gasteiger charge is 2.47. The molecule has 1 saturated carbocycles. The van der Waals surface area contributed by atoms with Gasteiger partial charge in [0.2, 0.25) is 0 Å². The number of piperazine rings is 1. The molecule has 2 nitrogen and oxygen atoms in total. The third-order valence-electron chi connectivity index (χ3n) is 5.49. The standard InChI is InChI=1S/C18H30N2S/c1-5-15-11-19-18(4,14-8-9-14)12-20(15)17(13(2)3)16-7-6-10-21-16/h6-7,10,13-15,17,19H,5,8-9,11-12H2,1-4H3. The SMILES string of the molecule is CCC1CNC(C)(C2CC2)CN1C(c1cccs1)C(C)C. The highest BCUT2D eigenvalue weighted by Crippen LogP contribution is 2.44. The summed E-state index contributed by atoms with van der Waals surface area (Å²) in [5.41, 5.74) is 0.329. The molecule has 1 aliphatic heterocycles. The molecule has 1 saturated heterocycles. The molecule has 3 heteroatoms. The second kappa shape index (κ2) is 6.02. The zero-order chi connectivity index (χ0) is 15.0. The molecule has 1 N–H and O–H groups in total. The first-order chi connectivity index (χ1) is 10.0. The van der Waals surface area contributed by atoms with Crippen molar-refractivity contribution in [3.8, 4) is 0 Å². The predicted octanol–water partition coefficient (Wildman–Crippen LogP) is 4.30. The van der Waals surface area contributed by atoms with Gasteiger partial charge in [-0.25, -0.2) is 0 Å². The van der Waals surface area contributed by atoms with Gasteiger partial charge in [0.25, 0.3) is 0 Å². The van der Waals surface area contributed by atoms with Crippen LogP contribution in [0, 0.1) is 11.8 Å². The van der Waals surface area contributed by atoms with E-state index in [1.807, 2.05) is 11.3 Å². The fourth-order valence-electron chi connectivity index (χ4n) is 4.07. The van der Waals surface area contributed by atoms with Crippen LogP contribution in [-0.4, -0.2) is 29.6 Å². The summed E-state index contributed by atoms with van der Waals surface area (Å²) in [6.07, 6.45) is 4.07. The van der Waals surface area contributed by atoms with Gasteiger partial charge in [0.05, 0.1) is 0 Å². The Kier molecular flexibility index (Phi) is 4.45. The van der Waals surface area contributed by atoms with Crippen LogP contribution in [-0.2, 0) is 0 Å². The molecule has 0 radical (unpaired) electrons. The van der Waals surface area contributed by atoms with Gasteiger partial charge in [0, 0.05) is 35.6 Å². The molecular formula is C18H30N2S. The van der Waals surface area contributed by atoms with Gasteiger partial charge in [0.1, 0.15) is 0 Å². The van der Waals surface area contributed by atoms with Crippen LogP contribution in [0.25, 0.3) is 0 Å². The highest BCUT2D eigenvalue weighted by atomic mass is 32.1. The van der Waals surface area contributed by atoms with Crippen LogP contribution in [0.1, 0.15) is 57.9 Å². The maximum Gasteiger partial charge on any atom is 0.0468 e. The quantitative estimate of drug-likeness (QED) is 0.872. The number of thiophene rings is 1. The minimum atomic E-state index is 0.329. The van der Waals surface area contributed by atoms with Crippen molar-refractivity contribution in [2.75, 3.05) is 13.1 Å². The Hall–Kier alpha value is -0.380. The van der Waals surface area contributed by atoms with E-state index in [-0.39, 0.29) is 0 Å². The van der Waals surface area contributed by atoms with E-state index in [0.717, 1.165) is 12.5 Å². The minimum Gasteiger partial charge on any atom is -0.308 e. The average Bonchev–Trinajstić information content (AvgIpc) is 3.19. The van der Waals surface area contributed by atoms with E-state index >= 15 is 0 Å². The van der Waals surface area contributed by atoms with Gasteiger partial charge in [-0.2, -0.15) is 0 Å². The molecule has 1 aromatic heterocycles. The Labute approximate surface area is 133 Å². The molecule has 1 aliphatic carbocycles. The lowest BCUT2D eigenvalue weighted by Crippen LogP contribution is -2.64. The zero-order valence-electron chi connectivity index (χ0n) is 13.9. The van der Waals surface area contributed by atoms with Gasteiger partial charge in [-0.3, -0.25) is 4.90 Å². The third kappa shape index (κ3) is 3.06. The van der Waals surface area contributed by atoms with E-state index in [0.29, 0.717) is 23.5 Å².